The van der Waals surface area contributed by atoms with Crippen molar-refractivity contribution in [3.8, 4) is 0 Å². The fourth-order valence-electron chi connectivity index (χ4n) is 2.41. The van der Waals surface area contributed by atoms with Crippen molar-refractivity contribution in [2.24, 2.45) is 5.73 Å². The molecule has 0 bridgehead atoms. The van der Waals surface area contributed by atoms with E-state index in [0.29, 0.717) is 0 Å². The fourth-order valence-corrected chi connectivity index (χ4v) is 2.41. The molecule has 21 heavy (non-hydrogen) atoms. The molecule has 0 aromatic carbocycles. The van der Waals surface area contributed by atoms with Gasteiger partial charge in [-0.3, -0.25) is 14.4 Å². The third-order valence-electron chi connectivity index (χ3n) is 3.15. The zero-order chi connectivity index (χ0) is 16.2. The summed E-state index contributed by atoms with van der Waals surface area (Å²) in [6.45, 7) is 5.64. The van der Waals surface area contributed by atoms with E-state index < -0.39 is 42.4 Å². The predicted octanol–water partition coefficient (Wildman–Crippen LogP) is -0.899. The van der Waals surface area contributed by atoms with Crippen LogP contribution in [0, 0.1) is 0 Å². The molecule has 1 aliphatic heterocycles. The number of hydrogen-bond donors (Lipinski definition) is 2. The van der Waals surface area contributed by atoms with Gasteiger partial charge >= 0.3 is 11.9 Å². The second-order valence-electron chi connectivity index (χ2n) is 4.99. The molecule has 0 aliphatic carbocycles. The minimum Gasteiger partial charge on any atom is -0.456 e. The van der Waals surface area contributed by atoms with E-state index in [-0.39, 0.29) is 12.5 Å². The van der Waals surface area contributed by atoms with Crippen molar-refractivity contribution in [3.05, 3.63) is 0 Å². The van der Waals surface area contributed by atoms with Crippen LogP contribution in [0.2, 0.25) is 0 Å². The van der Waals surface area contributed by atoms with Gasteiger partial charge in [-0.2, -0.15) is 0 Å². The predicted molar refractivity (Wildman–Crippen MR) is 72.1 cm³/mol. The lowest BCUT2D eigenvalue weighted by atomic mass is 9.92. The van der Waals surface area contributed by atoms with Crippen molar-refractivity contribution >= 4 is 17.8 Å². The lowest BCUT2D eigenvalue weighted by molar-refractivity contribution is -0.211. The molecule has 0 aromatic rings. The number of esters is 2. The van der Waals surface area contributed by atoms with Gasteiger partial charge in [0.05, 0.1) is 12.1 Å². The second kappa shape index (κ2) is 7.37. The maximum atomic E-state index is 11.3. The highest BCUT2D eigenvalue weighted by molar-refractivity contribution is 5.73. The summed E-state index contributed by atoms with van der Waals surface area (Å²) in [4.78, 5) is 33.9. The highest BCUT2D eigenvalue weighted by Crippen LogP contribution is 2.26. The molecule has 1 rings (SSSR count). The van der Waals surface area contributed by atoms with Gasteiger partial charge in [0.15, 0.2) is 12.2 Å². The zero-order valence-electron chi connectivity index (χ0n) is 12.6. The molecular weight excluding hydrogens is 280 g/mol. The molecule has 0 saturated carbocycles. The molecule has 1 aliphatic rings. The molecule has 120 valence electrons. The molecule has 5 atom stereocenters. The number of amides is 1. The normalized spacial score (nSPS) is 32.1. The molecule has 8 heteroatoms. The summed E-state index contributed by atoms with van der Waals surface area (Å²) < 4.78 is 16.1. The number of nitrogens with one attached hydrogen (secondary N) is 1. The Morgan fingerprint density at radius 2 is 1.62 bits per heavy atom. The van der Waals surface area contributed by atoms with Crippen LogP contribution >= 0.6 is 0 Å². The number of carbonyl (C=O) groups excluding carboxylic acids is 3. The summed E-state index contributed by atoms with van der Waals surface area (Å²) in [6.07, 6.45) is -2.78. The Bertz CT molecular complexity index is 413. The first kappa shape index (κ1) is 17.4. The first-order valence-electron chi connectivity index (χ1n) is 6.73. The fraction of sp³-hybridized carbons (Fsp3) is 0.769. The maximum Gasteiger partial charge on any atom is 0.303 e. The smallest absolute Gasteiger partial charge is 0.303 e. The number of ether oxygens (including phenoxy) is 3. The van der Waals surface area contributed by atoms with Crippen molar-refractivity contribution < 1.29 is 28.6 Å². The van der Waals surface area contributed by atoms with Gasteiger partial charge in [-0.1, -0.05) is 0 Å². The van der Waals surface area contributed by atoms with Crippen LogP contribution < -0.4 is 11.1 Å². The molecular formula is C13H22N2O6. The quantitative estimate of drug-likeness (QED) is 0.646. The van der Waals surface area contributed by atoms with Gasteiger partial charge in [0.1, 0.15) is 6.10 Å². The Morgan fingerprint density at radius 3 is 2.05 bits per heavy atom. The molecule has 3 N–H and O–H groups in total. The largest absolute Gasteiger partial charge is 0.456 e. The highest BCUT2D eigenvalue weighted by atomic mass is 16.6. The van der Waals surface area contributed by atoms with E-state index in [1.807, 2.05) is 0 Å². The summed E-state index contributed by atoms with van der Waals surface area (Å²) >= 11 is 0. The Morgan fingerprint density at radius 1 is 1.10 bits per heavy atom. The van der Waals surface area contributed by atoms with E-state index in [9.17, 15) is 14.4 Å². The molecule has 0 spiro atoms. The molecule has 1 amide bonds. The van der Waals surface area contributed by atoms with Crippen LogP contribution in [0.4, 0.5) is 0 Å². The van der Waals surface area contributed by atoms with Crippen molar-refractivity contribution in [2.45, 2.75) is 58.2 Å². The third kappa shape index (κ3) is 4.68. The maximum absolute atomic E-state index is 11.3. The highest BCUT2D eigenvalue weighted by Gasteiger charge is 2.48. The van der Waals surface area contributed by atoms with Gasteiger partial charge in [-0.15, -0.1) is 0 Å². The van der Waals surface area contributed by atoms with E-state index >= 15 is 0 Å². The van der Waals surface area contributed by atoms with Crippen LogP contribution in [0.3, 0.4) is 0 Å². The van der Waals surface area contributed by atoms with E-state index in [2.05, 4.69) is 5.32 Å². The lowest BCUT2D eigenvalue weighted by Crippen LogP contribution is -2.65. The molecule has 1 saturated heterocycles. The van der Waals surface area contributed by atoms with Crippen LogP contribution in [0.15, 0.2) is 0 Å². The summed E-state index contributed by atoms with van der Waals surface area (Å²) in [7, 11) is 0. The Labute approximate surface area is 123 Å². The Kier molecular flexibility index (Phi) is 6.10. The number of nitrogens with two attached hydrogens (primary N) is 1. The van der Waals surface area contributed by atoms with Crippen LogP contribution in [-0.2, 0) is 28.6 Å². The standard InChI is InChI=1S/C13H22N2O6/c1-6-11(15-7(2)16)13(21-9(4)18)12(20-8(3)17)10(5-14)19-6/h6,10-13H,5,14H2,1-4H3,(H,15,16). The van der Waals surface area contributed by atoms with Crippen molar-refractivity contribution in [2.75, 3.05) is 6.54 Å². The molecule has 8 nitrogen and oxygen atoms in total. The van der Waals surface area contributed by atoms with Gasteiger partial charge in [0.25, 0.3) is 0 Å². The van der Waals surface area contributed by atoms with Crippen LogP contribution in [0.5, 0.6) is 0 Å². The minimum absolute atomic E-state index is 0.0901. The van der Waals surface area contributed by atoms with E-state index in [4.69, 9.17) is 19.9 Å². The molecule has 0 radical (unpaired) electrons. The Hall–Kier alpha value is -1.67. The second-order valence-corrected chi connectivity index (χ2v) is 4.99. The average molecular weight is 302 g/mol. The first-order valence-corrected chi connectivity index (χ1v) is 6.73. The number of hydrogen-bond acceptors (Lipinski definition) is 7. The van der Waals surface area contributed by atoms with Crippen LogP contribution in [0.1, 0.15) is 27.7 Å². The number of rotatable bonds is 4. The first-order chi connectivity index (χ1) is 9.76. The van der Waals surface area contributed by atoms with Gasteiger partial charge < -0.3 is 25.3 Å². The summed E-state index contributed by atoms with van der Waals surface area (Å²) in [5, 5.41) is 2.66. The van der Waals surface area contributed by atoms with Crippen LogP contribution in [0.25, 0.3) is 0 Å². The molecule has 1 fully saturated rings. The third-order valence-corrected chi connectivity index (χ3v) is 3.15. The topological polar surface area (TPSA) is 117 Å². The molecule has 5 unspecified atom stereocenters. The van der Waals surface area contributed by atoms with Crippen molar-refractivity contribution in [3.63, 3.8) is 0 Å². The SMILES string of the molecule is CC(=O)NC1C(C)OC(CN)C(OC(C)=O)C1OC(C)=O. The van der Waals surface area contributed by atoms with E-state index in [1.165, 1.54) is 20.8 Å². The molecule has 1 heterocycles. The van der Waals surface area contributed by atoms with Gasteiger partial charge in [0, 0.05) is 27.3 Å². The summed E-state index contributed by atoms with van der Waals surface area (Å²) in [6, 6.07) is -0.626. The minimum atomic E-state index is -0.871. The summed E-state index contributed by atoms with van der Waals surface area (Å²) in [5.41, 5.74) is 5.63. The van der Waals surface area contributed by atoms with E-state index in [0.717, 1.165) is 0 Å². The van der Waals surface area contributed by atoms with Gasteiger partial charge in [0.2, 0.25) is 5.91 Å². The van der Waals surface area contributed by atoms with Crippen molar-refractivity contribution in [1.82, 2.24) is 5.32 Å². The number of carbonyl (C=O) groups is 3. The monoisotopic (exact) mass is 302 g/mol. The van der Waals surface area contributed by atoms with Crippen molar-refractivity contribution in [1.29, 1.82) is 0 Å². The van der Waals surface area contributed by atoms with Gasteiger partial charge in [-0.25, -0.2) is 0 Å². The summed E-state index contributed by atoms with van der Waals surface area (Å²) in [5.74, 6) is -1.40. The lowest BCUT2D eigenvalue weighted by Gasteiger charge is -2.44. The zero-order valence-corrected chi connectivity index (χ0v) is 12.6. The van der Waals surface area contributed by atoms with E-state index in [1.54, 1.807) is 6.92 Å². The molecule has 0 aromatic heterocycles. The average Bonchev–Trinajstić information content (AvgIpc) is 2.35. The van der Waals surface area contributed by atoms with Crippen LogP contribution in [-0.4, -0.2) is 54.8 Å². The Balaban J connectivity index is 3.08. The van der Waals surface area contributed by atoms with Gasteiger partial charge in [-0.05, 0) is 6.92 Å².